The Kier molecular flexibility index (Phi) is 3.73. The maximum absolute atomic E-state index is 6.21. The molecule has 0 unspecified atom stereocenters. The van der Waals surface area contributed by atoms with Crippen molar-refractivity contribution in [3.8, 4) is 0 Å². The molecule has 2 aromatic rings. The van der Waals surface area contributed by atoms with E-state index >= 15 is 0 Å². The van der Waals surface area contributed by atoms with E-state index in [1.807, 2.05) is 6.20 Å². The standard InChI is InChI=1S/C13H20ClN3OSi/c1-12(2,3)19-18-13(4,5)8-6-15-11-9(8)10(14)16-7-17-11/h6-7H,19H2,1-5H3,(H,15,16,17). The van der Waals surface area contributed by atoms with E-state index in [9.17, 15) is 0 Å². The highest BCUT2D eigenvalue weighted by Gasteiger charge is 2.28. The van der Waals surface area contributed by atoms with E-state index in [4.69, 9.17) is 16.0 Å². The number of aromatic amines is 1. The minimum absolute atomic E-state index is 0.254. The van der Waals surface area contributed by atoms with Crippen LogP contribution in [-0.4, -0.2) is 24.7 Å². The van der Waals surface area contributed by atoms with Gasteiger partial charge >= 0.3 is 0 Å². The molecule has 2 heterocycles. The molecule has 2 aromatic heterocycles. The Morgan fingerprint density at radius 2 is 1.89 bits per heavy atom. The molecule has 0 atom stereocenters. The monoisotopic (exact) mass is 297 g/mol. The van der Waals surface area contributed by atoms with Crippen LogP contribution in [0.25, 0.3) is 11.0 Å². The molecular formula is C13H20ClN3OSi. The first-order valence-corrected chi connectivity index (χ1v) is 7.99. The summed E-state index contributed by atoms with van der Waals surface area (Å²) in [5.74, 6) is 0. The van der Waals surface area contributed by atoms with Crippen LogP contribution in [0.3, 0.4) is 0 Å². The number of nitrogens with zero attached hydrogens (tertiary/aromatic N) is 2. The van der Waals surface area contributed by atoms with Crippen LogP contribution in [0.5, 0.6) is 0 Å². The molecule has 0 aliphatic carbocycles. The molecule has 0 fully saturated rings. The first kappa shape index (κ1) is 14.5. The van der Waals surface area contributed by atoms with Crippen LogP contribution >= 0.6 is 11.6 Å². The van der Waals surface area contributed by atoms with Gasteiger partial charge in [-0.2, -0.15) is 0 Å². The highest BCUT2D eigenvalue weighted by Crippen LogP contribution is 2.35. The van der Waals surface area contributed by atoms with Gasteiger partial charge in [0, 0.05) is 11.8 Å². The lowest BCUT2D eigenvalue weighted by molar-refractivity contribution is 0.111. The van der Waals surface area contributed by atoms with Crippen molar-refractivity contribution >= 4 is 32.4 Å². The van der Waals surface area contributed by atoms with E-state index in [2.05, 4.69) is 49.6 Å². The Morgan fingerprint density at radius 1 is 1.21 bits per heavy atom. The molecule has 0 amide bonds. The number of fused-ring (bicyclic) bond motifs is 1. The molecule has 0 aromatic carbocycles. The lowest BCUT2D eigenvalue weighted by Crippen LogP contribution is -2.27. The molecule has 0 aliphatic heterocycles. The van der Waals surface area contributed by atoms with Gasteiger partial charge in [-0.05, 0) is 18.9 Å². The second kappa shape index (κ2) is 4.88. The van der Waals surface area contributed by atoms with Crippen LogP contribution in [0, 0.1) is 0 Å². The molecule has 0 saturated carbocycles. The minimum atomic E-state index is -0.653. The second-order valence-corrected chi connectivity index (χ2v) is 9.51. The summed E-state index contributed by atoms with van der Waals surface area (Å²) in [6.45, 7) is 10.8. The molecule has 2 rings (SSSR count). The van der Waals surface area contributed by atoms with Crippen molar-refractivity contribution < 1.29 is 4.43 Å². The molecule has 0 aliphatic rings. The Morgan fingerprint density at radius 3 is 2.53 bits per heavy atom. The van der Waals surface area contributed by atoms with E-state index in [-0.39, 0.29) is 10.6 Å². The Labute approximate surface area is 120 Å². The van der Waals surface area contributed by atoms with Crippen molar-refractivity contribution in [2.24, 2.45) is 0 Å². The van der Waals surface area contributed by atoms with Crippen molar-refractivity contribution in [3.63, 3.8) is 0 Å². The van der Waals surface area contributed by atoms with Crippen LogP contribution in [0.4, 0.5) is 0 Å². The molecule has 0 bridgehead atoms. The van der Waals surface area contributed by atoms with Crippen molar-refractivity contribution in [1.29, 1.82) is 0 Å². The number of hydrogen-bond acceptors (Lipinski definition) is 3. The smallest absolute Gasteiger partial charge is 0.168 e. The zero-order chi connectivity index (χ0) is 14.3. The lowest BCUT2D eigenvalue weighted by Gasteiger charge is -2.29. The number of H-pyrrole nitrogens is 1. The summed E-state index contributed by atoms with van der Waals surface area (Å²) < 4.78 is 6.21. The van der Waals surface area contributed by atoms with Gasteiger partial charge in [-0.15, -0.1) is 0 Å². The van der Waals surface area contributed by atoms with Gasteiger partial charge in [0.15, 0.2) is 9.76 Å². The fourth-order valence-corrected chi connectivity index (χ4v) is 3.06. The van der Waals surface area contributed by atoms with Crippen LogP contribution in [0.2, 0.25) is 10.2 Å². The van der Waals surface area contributed by atoms with Crippen LogP contribution < -0.4 is 0 Å². The third-order valence-electron chi connectivity index (χ3n) is 2.94. The fraction of sp³-hybridized carbons (Fsp3) is 0.538. The van der Waals surface area contributed by atoms with Gasteiger partial charge in [-0.3, -0.25) is 0 Å². The third-order valence-corrected chi connectivity index (χ3v) is 4.96. The van der Waals surface area contributed by atoms with Crippen molar-refractivity contribution in [3.05, 3.63) is 23.2 Å². The number of nitrogens with one attached hydrogen (secondary N) is 1. The zero-order valence-electron chi connectivity index (χ0n) is 12.0. The summed E-state index contributed by atoms with van der Waals surface area (Å²) >= 11 is 6.18. The van der Waals surface area contributed by atoms with Crippen molar-refractivity contribution in [2.75, 3.05) is 0 Å². The summed E-state index contributed by atoms with van der Waals surface area (Å²) in [6.07, 6.45) is 3.38. The van der Waals surface area contributed by atoms with E-state index < -0.39 is 9.76 Å². The summed E-state index contributed by atoms with van der Waals surface area (Å²) in [5, 5.41) is 1.58. The van der Waals surface area contributed by atoms with Gasteiger partial charge in [-0.1, -0.05) is 32.4 Å². The topological polar surface area (TPSA) is 50.8 Å². The SMILES string of the molecule is CC(C)(C)[SiH2]OC(C)(C)c1c[nH]c2ncnc(Cl)c12. The van der Waals surface area contributed by atoms with E-state index in [0.717, 1.165) is 16.6 Å². The number of hydrogen-bond donors (Lipinski definition) is 1. The minimum Gasteiger partial charge on any atom is -0.414 e. The zero-order valence-corrected chi connectivity index (χ0v) is 14.2. The van der Waals surface area contributed by atoms with Gasteiger partial charge in [0.05, 0.1) is 11.0 Å². The molecule has 104 valence electrons. The second-order valence-electron chi connectivity index (χ2n) is 6.45. The first-order valence-electron chi connectivity index (χ1n) is 6.33. The van der Waals surface area contributed by atoms with Crippen molar-refractivity contribution in [2.45, 2.75) is 45.3 Å². The summed E-state index contributed by atoms with van der Waals surface area (Å²) in [6, 6.07) is 0. The lowest BCUT2D eigenvalue weighted by atomic mass is 9.99. The molecule has 0 saturated heterocycles. The van der Waals surface area contributed by atoms with Gasteiger partial charge < -0.3 is 9.41 Å². The predicted octanol–water partition coefficient (Wildman–Crippen LogP) is 3.17. The third kappa shape index (κ3) is 3.16. The van der Waals surface area contributed by atoms with Gasteiger partial charge in [0.2, 0.25) is 0 Å². The fourth-order valence-electron chi connectivity index (χ4n) is 1.87. The molecule has 6 heteroatoms. The summed E-state index contributed by atoms with van der Waals surface area (Å²) in [7, 11) is -0.653. The van der Waals surface area contributed by atoms with Crippen LogP contribution in [0.15, 0.2) is 12.5 Å². The van der Waals surface area contributed by atoms with E-state index in [0.29, 0.717) is 5.15 Å². The molecule has 19 heavy (non-hydrogen) atoms. The van der Waals surface area contributed by atoms with E-state index in [1.165, 1.54) is 6.33 Å². The summed E-state index contributed by atoms with van der Waals surface area (Å²) in [4.78, 5) is 11.4. The molecule has 0 spiro atoms. The number of halogens is 1. The van der Waals surface area contributed by atoms with E-state index in [1.54, 1.807) is 0 Å². The normalized spacial score (nSPS) is 13.8. The highest BCUT2D eigenvalue weighted by atomic mass is 35.5. The molecule has 4 nitrogen and oxygen atoms in total. The molecule has 0 radical (unpaired) electrons. The number of rotatable bonds is 3. The Balaban J connectivity index is 2.38. The van der Waals surface area contributed by atoms with Crippen LogP contribution in [-0.2, 0) is 10.0 Å². The maximum atomic E-state index is 6.21. The molecular weight excluding hydrogens is 278 g/mol. The average Bonchev–Trinajstić information content (AvgIpc) is 2.72. The van der Waals surface area contributed by atoms with Crippen molar-refractivity contribution in [1.82, 2.24) is 15.0 Å². The summed E-state index contributed by atoms with van der Waals surface area (Å²) in [5.41, 5.74) is 1.39. The maximum Gasteiger partial charge on any atom is 0.168 e. The average molecular weight is 298 g/mol. The van der Waals surface area contributed by atoms with Gasteiger partial charge in [0.1, 0.15) is 17.1 Å². The largest absolute Gasteiger partial charge is 0.414 e. The Bertz CT molecular complexity index is 589. The first-order chi connectivity index (χ1) is 8.71. The van der Waals surface area contributed by atoms with Gasteiger partial charge in [0.25, 0.3) is 0 Å². The highest BCUT2D eigenvalue weighted by molar-refractivity contribution is 6.34. The number of aromatic nitrogens is 3. The molecule has 1 N–H and O–H groups in total. The predicted molar refractivity (Wildman–Crippen MR) is 81.3 cm³/mol. The Hall–Kier alpha value is -0.913. The quantitative estimate of drug-likeness (QED) is 0.699. The van der Waals surface area contributed by atoms with Crippen LogP contribution in [0.1, 0.15) is 40.2 Å². The van der Waals surface area contributed by atoms with Gasteiger partial charge in [-0.25, -0.2) is 9.97 Å².